The van der Waals surface area contributed by atoms with Crippen molar-refractivity contribution < 1.29 is 23.4 Å². The minimum absolute atomic E-state index is 0.134. The van der Waals surface area contributed by atoms with Gasteiger partial charge in [-0.05, 0) is 24.1 Å². The van der Waals surface area contributed by atoms with E-state index in [9.17, 15) is 23.4 Å². The Kier molecular flexibility index (Phi) is 6.11. The Morgan fingerprint density at radius 2 is 2.05 bits per heavy atom. The molecule has 0 heterocycles. The van der Waals surface area contributed by atoms with E-state index in [2.05, 4.69) is 5.32 Å². The zero-order chi connectivity index (χ0) is 16.2. The molecule has 1 rings (SSSR count). The number of benzene rings is 1. The van der Waals surface area contributed by atoms with Gasteiger partial charge in [-0.15, -0.1) is 0 Å². The van der Waals surface area contributed by atoms with Gasteiger partial charge in [0, 0.05) is 13.5 Å². The molecule has 0 radical (unpaired) electrons. The number of primary sulfonamides is 1. The average Bonchev–Trinajstić information content (AvgIpc) is 2.35. The number of rotatable bonds is 6. The molecule has 0 bridgehead atoms. The number of sulfonamides is 1. The van der Waals surface area contributed by atoms with Gasteiger partial charge < -0.3 is 15.5 Å². The monoisotopic (exact) mass is 336 g/mol. The minimum atomic E-state index is -3.94. The third-order valence-corrected chi connectivity index (χ3v) is 4.18. The summed E-state index contributed by atoms with van der Waals surface area (Å²) in [4.78, 5) is 10.4. The van der Waals surface area contributed by atoms with Crippen LogP contribution in [0.15, 0.2) is 23.1 Å². The van der Waals surface area contributed by atoms with Gasteiger partial charge in [0.25, 0.3) is 0 Å². The van der Waals surface area contributed by atoms with Crippen molar-refractivity contribution in [1.29, 1.82) is 0 Å². The molecule has 0 spiro atoms. The van der Waals surface area contributed by atoms with Crippen LogP contribution in [0.3, 0.4) is 0 Å². The molecule has 0 saturated heterocycles. The second kappa shape index (κ2) is 7.19. The Bertz CT molecular complexity index is 620. The maximum absolute atomic E-state index is 11.2. The molecule has 1 aromatic carbocycles. The lowest BCUT2D eigenvalue weighted by atomic mass is 10.0. The molecule has 2 unspecified atom stereocenters. The van der Waals surface area contributed by atoms with E-state index in [-0.39, 0.29) is 34.4 Å². The van der Waals surface area contributed by atoms with Crippen molar-refractivity contribution in [2.75, 3.05) is 6.54 Å². The Morgan fingerprint density at radius 3 is 2.52 bits per heavy atom. The normalized spacial score (nSPS) is 14.5. The van der Waals surface area contributed by atoms with Gasteiger partial charge in [0.2, 0.25) is 15.9 Å². The van der Waals surface area contributed by atoms with E-state index in [1.165, 1.54) is 19.1 Å². The molecule has 5 N–H and O–H groups in total. The van der Waals surface area contributed by atoms with E-state index in [1.807, 2.05) is 0 Å². The number of hydrogen-bond donors (Lipinski definition) is 4. The average molecular weight is 337 g/mol. The number of halogens is 1. The highest BCUT2D eigenvalue weighted by Crippen LogP contribution is 2.26. The molecule has 1 aromatic rings. The first-order valence-electron chi connectivity index (χ1n) is 6.05. The quantitative estimate of drug-likeness (QED) is 0.576. The molecule has 0 saturated carbocycles. The van der Waals surface area contributed by atoms with Gasteiger partial charge in [-0.1, -0.05) is 17.7 Å². The number of carbonyl (C=O) groups excluding carboxylic acids is 1. The summed E-state index contributed by atoms with van der Waals surface area (Å²) in [5.41, 5.74) is 0.253. The number of hydrogen-bond acceptors (Lipinski definition) is 5. The van der Waals surface area contributed by atoms with Crippen LogP contribution in [0, 0.1) is 0 Å². The molecule has 0 fully saturated rings. The zero-order valence-electron chi connectivity index (χ0n) is 11.3. The Hall–Kier alpha value is -1.19. The van der Waals surface area contributed by atoms with Crippen molar-refractivity contribution >= 4 is 27.5 Å². The predicted octanol–water partition coefficient (Wildman–Crippen LogP) is -0.0921. The number of nitrogens with one attached hydrogen (secondary N) is 1. The van der Waals surface area contributed by atoms with Crippen molar-refractivity contribution in [3.05, 3.63) is 28.8 Å². The zero-order valence-corrected chi connectivity index (χ0v) is 12.9. The molecule has 2 atom stereocenters. The lowest BCUT2D eigenvalue weighted by Gasteiger charge is -2.19. The molecular formula is C12H17ClN2O5S. The van der Waals surface area contributed by atoms with Crippen LogP contribution in [0.4, 0.5) is 0 Å². The molecule has 118 valence electrons. The SMILES string of the molecule is CC(=O)NCCC(O)C(O)c1ccc(S(N)(=O)=O)c(Cl)c1. The van der Waals surface area contributed by atoms with Crippen LogP contribution in [-0.2, 0) is 14.8 Å². The number of nitrogens with two attached hydrogens (primary N) is 1. The van der Waals surface area contributed by atoms with Crippen LogP contribution in [0.1, 0.15) is 25.0 Å². The fraction of sp³-hybridized carbons (Fsp3) is 0.417. The molecule has 0 aliphatic heterocycles. The van der Waals surface area contributed by atoms with Crippen molar-refractivity contribution in [2.45, 2.75) is 30.4 Å². The van der Waals surface area contributed by atoms with Gasteiger partial charge >= 0.3 is 0 Å². The Balaban J connectivity index is 2.81. The summed E-state index contributed by atoms with van der Waals surface area (Å²) in [6.45, 7) is 1.55. The highest BCUT2D eigenvalue weighted by Gasteiger charge is 2.21. The minimum Gasteiger partial charge on any atom is -0.390 e. The molecule has 1 amide bonds. The van der Waals surface area contributed by atoms with Crippen LogP contribution < -0.4 is 10.5 Å². The van der Waals surface area contributed by atoms with Gasteiger partial charge in [-0.25, -0.2) is 13.6 Å². The van der Waals surface area contributed by atoms with E-state index < -0.39 is 22.2 Å². The maximum atomic E-state index is 11.2. The van der Waals surface area contributed by atoms with Gasteiger partial charge in [-0.2, -0.15) is 0 Å². The number of carbonyl (C=O) groups is 1. The van der Waals surface area contributed by atoms with Gasteiger partial charge in [0.15, 0.2) is 0 Å². The first-order valence-corrected chi connectivity index (χ1v) is 7.98. The van der Waals surface area contributed by atoms with Crippen molar-refractivity contribution in [3.8, 4) is 0 Å². The third-order valence-electron chi connectivity index (χ3n) is 2.78. The fourth-order valence-corrected chi connectivity index (χ4v) is 2.81. The summed E-state index contributed by atoms with van der Waals surface area (Å²) in [6, 6.07) is 3.71. The van der Waals surface area contributed by atoms with Crippen LogP contribution in [0.2, 0.25) is 5.02 Å². The van der Waals surface area contributed by atoms with E-state index in [1.54, 1.807) is 0 Å². The fourth-order valence-electron chi connectivity index (χ4n) is 1.71. The summed E-state index contributed by atoms with van der Waals surface area (Å²) in [7, 11) is -3.94. The summed E-state index contributed by atoms with van der Waals surface area (Å²) >= 11 is 5.80. The number of amides is 1. The molecular weight excluding hydrogens is 320 g/mol. The van der Waals surface area contributed by atoms with Gasteiger partial charge in [-0.3, -0.25) is 4.79 Å². The van der Waals surface area contributed by atoms with Crippen LogP contribution in [0.5, 0.6) is 0 Å². The lowest BCUT2D eigenvalue weighted by Crippen LogP contribution is -2.27. The lowest BCUT2D eigenvalue weighted by molar-refractivity contribution is -0.119. The van der Waals surface area contributed by atoms with E-state index in [0.29, 0.717) is 0 Å². The first-order chi connectivity index (χ1) is 9.62. The Morgan fingerprint density at radius 1 is 1.43 bits per heavy atom. The second-order valence-corrected chi connectivity index (χ2v) is 6.46. The van der Waals surface area contributed by atoms with Crippen LogP contribution in [0.25, 0.3) is 0 Å². The van der Waals surface area contributed by atoms with Crippen molar-refractivity contribution in [2.24, 2.45) is 5.14 Å². The van der Waals surface area contributed by atoms with Crippen LogP contribution >= 0.6 is 11.6 Å². The smallest absolute Gasteiger partial charge is 0.239 e. The number of aliphatic hydroxyl groups excluding tert-OH is 2. The van der Waals surface area contributed by atoms with Crippen LogP contribution in [-0.4, -0.2) is 37.2 Å². The van der Waals surface area contributed by atoms with Crippen molar-refractivity contribution in [3.63, 3.8) is 0 Å². The first kappa shape index (κ1) is 17.9. The van der Waals surface area contributed by atoms with Gasteiger partial charge in [0.1, 0.15) is 11.0 Å². The maximum Gasteiger partial charge on any atom is 0.239 e. The summed E-state index contributed by atoms with van der Waals surface area (Å²) in [5, 5.41) is 27.1. The van der Waals surface area contributed by atoms with E-state index in [0.717, 1.165) is 6.07 Å². The standard InChI is InChI=1S/C12H17ClN2O5S/c1-7(16)15-5-4-10(17)12(18)8-2-3-11(9(13)6-8)21(14,19)20/h2-3,6,10,12,17-18H,4-5H2,1H3,(H,15,16)(H2,14,19,20). The van der Waals surface area contributed by atoms with Crippen molar-refractivity contribution in [1.82, 2.24) is 5.32 Å². The molecule has 0 aliphatic carbocycles. The molecule has 21 heavy (non-hydrogen) atoms. The molecule has 0 aliphatic rings. The number of aliphatic hydroxyl groups is 2. The molecule has 9 heteroatoms. The summed E-state index contributed by atoms with van der Waals surface area (Å²) < 4.78 is 22.4. The second-order valence-electron chi connectivity index (χ2n) is 4.52. The van der Waals surface area contributed by atoms with E-state index >= 15 is 0 Å². The van der Waals surface area contributed by atoms with E-state index in [4.69, 9.17) is 16.7 Å². The molecule has 7 nitrogen and oxygen atoms in total. The summed E-state index contributed by atoms with van der Waals surface area (Å²) in [6.07, 6.45) is -2.26. The largest absolute Gasteiger partial charge is 0.390 e. The Labute approximate surface area is 127 Å². The predicted molar refractivity (Wildman–Crippen MR) is 77.1 cm³/mol. The topological polar surface area (TPSA) is 130 Å². The molecule has 0 aromatic heterocycles. The highest BCUT2D eigenvalue weighted by atomic mass is 35.5. The summed E-state index contributed by atoms with van der Waals surface area (Å²) in [5.74, 6) is -0.239. The van der Waals surface area contributed by atoms with Gasteiger partial charge in [0.05, 0.1) is 11.1 Å². The third kappa shape index (κ3) is 5.25. The highest BCUT2D eigenvalue weighted by molar-refractivity contribution is 7.89.